The fourth-order valence-electron chi connectivity index (χ4n) is 1.16. The lowest BCUT2D eigenvalue weighted by Gasteiger charge is -2.09. The standard InChI is InChI=1S/C8H14N2O2/c1-2-9-8(11)10-6-7-4-3-5-12-7/h2,7H,1,3-6H2,(H2,9,10,11). The van der Waals surface area contributed by atoms with Crippen LogP contribution in [0.1, 0.15) is 12.8 Å². The van der Waals surface area contributed by atoms with Gasteiger partial charge in [-0.25, -0.2) is 4.79 Å². The van der Waals surface area contributed by atoms with Crippen molar-refractivity contribution in [1.82, 2.24) is 10.6 Å². The highest BCUT2D eigenvalue weighted by atomic mass is 16.5. The first-order valence-corrected chi connectivity index (χ1v) is 4.10. The van der Waals surface area contributed by atoms with Crippen molar-refractivity contribution in [3.8, 4) is 0 Å². The zero-order valence-corrected chi connectivity index (χ0v) is 7.01. The number of carbonyl (C=O) groups excluding carboxylic acids is 1. The van der Waals surface area contributed by atoms with E-state index in [4.69, 9.17) is 4.74 Å². The van der Waals surface area contributed by atoms with Crippen molar-refractivity contribution >= 4 is 6.03 Å². The lowest BCUT2D eigenvalue weighted by Crippen LogP contribution is -2.37. The second kappa shape index (κ2) is 4.77. The van der Waals surface area contributed by atoms with Gasteiger partial charge in [-0.05, 0) is 19.0 Å². The molecule has 2 amide bonds. The maximum Gasteiger partial charge on any atom is 0.318 e. The molecule has 4 nitrogen and oxygen atoms in total. The van der Waals surface area contributed by atoms with Gasteiger partial charge in [0, 0.05) is 13.2 Å². The van der Waals surface area contributed by atoms with Crippen LogP contribution in [0.2, 0.25) is 0 Å². The Kier molecular flexibility index (Phi) is 3.60. The van der Waals surface area contributed by atoms with Crippen LogP contribution >= 0.6 is 0 Å². The van der Waals surface area contributed by atoms with Gasteiger partial charge in [0.2, 0.25) is 0 Å². The lowest BCUT2D eigenvalue weighted by atomic mass is 10.2. The van der Waals surface area contributed by atoms with E-state index in [1.165, 1.54) is 6.20 Å². The Morgan fingerprint density at radius 1 is 1.75 bits per heavy atom. The van der Waals surface area contributed by atoms with Crippen LogP contribution in [0.3, 0.4) is 0 Å². The minimum atomic E-state index is -0.222. The second-order valence-corrected chi connectivity index (χ2v) is 2.69. The van der Waals surface area contributed by atoms with Crippen LogP contribution in [0.5, 0.6) is 0 Å². The lowest BCUT2D eigenvalue weighted by molar-refractivity contribution is 0.111. The fourth-order valence-corrected chi connectivity index (χ4v) is 1.16. The molecule has 0 aromatic heterocycles. The van der Waals surface area contributed by atoms with E-state index in [1.54, 1.807) is 0 Å². The summed E-state index contributed by atoms with van der Waals surface area (Å²) in [6.07, 6.45) is 3.68. The molecule has 1 heterocycles. The van der Waals surface area contributed by atoms with Crippen LogP contribution in [-0.4, -0.2) is 25.3 Å². The smallest absolute Gasteiger partial charge is 0.318 e. The van der Waals surface area contributed by atoms with Crippen molar-refractivity contribution in [3.05, 3.63) is 12.8 Å². The normalized spacial score (nSPS) is 21.8. The maximum absolute atomic E-state index is 10.9. The van der Waals surface area contributed by atoms with E-state index >= 15 is 0 Å². The average molecular weight is 170 g/mol. The molecule has 4 heteroatoms. The first-order chi connectivity index (χ1) is 5.83. The summed E-state index contributed by atoms with van der Waals surface area (Å²) in [5, 5.41) is 5.11. The quantitative estimate of drug-likeness (QED) is 0.652. The molecule has 0 spiro atoms. The number of hydrogen-bond acceptors (Lipinski definition) is 2. The number of nitrogens with one attached hydrogen (secondary N) is 2. The van der Waals surface area contributed by atoms with Gasteiger partial charge in [-0.2, -0.15) is 0 Å². The Morgan fingerprint density at radius 3 is 3.17 bits per heavy atom. The highest BCUT2D eigenvalue weighted by molar-refractivity contribution is 5.74. The van der Waals surface area contributed by atoms with E-state index in [0.717, 1.165) is 19.4 Å². The van der Waals surface area contributed by atoms with E-state index < -0.39 is 0 Å². The summed E-state index contributed by atoms with van der Waals surface area (Å²) >= 11 is 0. The van der Waals surface area contributed by atoms with Gasteiger partial charge in [-0.15, -0.1) is 0 Å². The molecule has 1 aliphatic rings. The van der Waals surface area contributed by atoms with E-state index in [9.17, 15) is 4.79 Å². The van der Waals surface area contributed by atoms with Gasteiger partial charge in [-0.3, -0.25) is 0 Å². The molecule has 0 saturated carbocycles. The number of carbonyl (C=O) groups is 1. The molecule has 1 aliphatic heterocycles. The third-order valence-electron chi connectivity index (χ3n) is 1.75. The maximum atomic E-state index is 10.9. The SMILES string of the molecule is C=CNC(=O)NCC1CCCO1. The van der Waals surface area contributed by atoms with E-state index in [1.807, 2.05) is 0 Å². The van der Waals surface area contributed by atoms with Crippen LogP contribution in [0, 0.1) is 0 Å². The Bertz CT molecular complexity index is 164. The second-order valence-electron chi connectivity index (χ2n) is 2.69. The Morgan fingerprint density at radius 2 is 2.58 bits per heavy atom. The number of rotatable bonds is 3. The minimum absolute atomic E-state index is 0.195. The van der Waals surface area contributed by atoms with E-state index in [2.05, 4.69) is 17.2 Å². The van der Waals surface area contributed by atoms with Gasteiger partial charge in [-0.1, -0.05) is 6.58 Å². The van der Waals surface area contributed by atoms with Gasteiger partial charge < -0.3 is 15.4 Å². The summed E-state index contributed by atoms with van der Waals surface area (Å²) < 4.78 is 5.31. The average Bonchev–Trinajstić information content (AvgIpc) is 2.53. The third kappa shape index (κ3) is 2.92. The number of hydrogen-bond donors (Lipinski definition) is 2. The molecule has 0 aromatic carbocycles. The summed E-state index contributed by atoms with van der Waals surface area (Å²) in [5.41, 5.74) is 0. The predicted octanol–water partition coefficient (Wildman–Crippen LogP) is 0.608. The molecule has 0 aliphatic carbocycles. The van der Waals surface area contributed by atoms with Crippen LogP contribution < -0.4 is 10.6 Å². The molecular formula is C8H14N2O2. The molecule has 1 saturated heterocycles. The fraction of sp³-hybridized carbons (Fsp3) is 0.625. The number of urea groups is 1. The van der Waals surface area contributed by atoms with Crippen LogP contribution in [0.25, 0.3) is 0 Å². The van der Waals surface area contributed by atoms with Crippen molar-refractivity contribution in [2.75, 3.05) is 13.2 Å². The van der Waals surface area contributed by atoms with Gasteiger partial charge in [0.15, 0.2) is 0 Å². The van der Waals surface area contributed by atoms with Gasteiger partial charge in [0.1, 0.15) is 0 Å². The monoisotopic (exact) mass is 170 g/mol. The van der Waals surface area contributed by atoms with Crippen LogP contribution in [-0.2, 0) is 4.74 Å². The first-order valence-electron chi connectivity index (χ1n) is 4.10. The Balaban J connectivity index is 2.07. The molecular weight excluding hydrogens is 156 g/mol. The highest BCUT2D eigenvalue weighted by Crippen LogP contribution is 2.10. The van der Waals surface area contributed by atoms with Gasteiger partial charge >= 0.3 is 6.03 Å². The minimum Gasteiger partial charge on any atom is -0.376 e. The number of amides is 2. The summed E-state index contributed by atoms with van der Waals surface area (Å²) in [4.78, 5) is 10.9. The van der Waals surface area contributed by atoms with Crippen LogP contribution in [0.4, 0.5) is 4.79 Å². The summed E-state index contributed by atoms with van der Waals surface area (Å²) in [7, 11) is 0. The first kappa shape index (κ1) is 9.06. The molecule has 2 N–H and O–H groups in total. The van der Waals surface area contributed by atoms with Crippen molar-refractivity contribution in [1.29, 1.82) is 0 Å². The van der Waals surface area contributed by atoms with E-state index in [0.29, 0.717) is 6.54 Å². The van der Waals surface area contributed by atoms with Gasteiger partial charge in [0.25, 0.3) is 0 Å². The number of ether oxygens (including phenoxy) is 1. The van der Waals surface area contributed by atoms with Crippen molar-refractivity contribution in [2.24, 2.45) is 0 Å². The van der Waals surface area contributed by atoms with E-state index in [-0.39, 0.29) is 12.1 Å². The van der Waals surface area contributed by atoms with Gasteiger partial charge in [0.05, 0.1) is 6.10 Å². The topological polar surface area (TPSA) is 50.4 Å². The zero-order chi connectivity index (χ0) is 8.81. The highest BCUT2D eigenvalue weighted by Gasteiger charge is 2.15. The zero-order valence-electron chi connectivity index (χ0n) is 7.01. The predicted molar refractivity (Wildman–Crippen MR) is 45.7 cm³/mol. The molecule has 1 rings (SSSR count). The molecule has 1 fully saturated rings. The molecule has 0 radical (unpaired) electrons. The third-order valence-corrected chi connectivity index (χ3v) is 1.75. The summed E-state index contributed by atoms with van der Waals surface area (Å²) in [6, 6.07) is -0.222. The molecule has 12 heavy (non-hydrogen) atoms. The van der Waals surface area contributed by atoms with Crippen molar-refractivity contribution in [3.63, 3.8) is 0 Å². The molecule has 1 atom stereocenters. The Hall–Kier alpha value is -1.03. The molecule has 0 aromatic rings. The molecule has 68 valence electrons. The van der Waals surface area contributed by atoms with Crippen molar-refractivity contribution in [2.45, 2.75) is 18.9 Å². The molecule has 1 unspecified atom stereocenters. The molecule has 0 bridgehead atoms. The largest absolute Gasteiger partial charge is 0.376 e. The summed E-state index contributed by atoms with van der Waals surface area (Å²) in [5.74, 6) is 0. The summed E-state index contributed by atoms with van der Waals surface area (Å²) in [6.45, 7) is 4.78. The Labute approximate surface area is 72.0 Å². The van der Waals surface area contributed by atoms with Crippen molar-refractivity contribution < 1.29 is 9.53 Å². The van der Waals surface area contributed by atoms with Crippen LogP contribution in [0.15, 0.2) is 12.8 Å².